The molecule has 0 saturated carbocycles. The summed E-state index contributed by atoms with van der Waals surface area (Å²) in [7, 11) is 0. The molecular weight excluding hydrogens is 184 g/mol. The number of hydrogen-bond donors (Lipinski definition) is 5. The van der Waals surface area contributed by atoms with Gasteiger partial charge in [-0.05, 0) is 0 Å². The van der Waals surface area contributed by atoms with Crippen molar-refractivity contribution < 1.29 is 35.1 Å². The van der Waals surface area contributed by atoms with Crippen LogP contribution in [0.25, 0.3) is 0 Å². The molecular formula is C6H10O7. The molecule has 0 bridgehead atoms. The highest BCUT2D eigenvalue weighted by molar-refractivity contribution is 5.92. The molecule has 0 aromatic heterocycles. The maximum atomic E-state index is 10.6. The van der Waals surface area contributed by atoms with Gasteiger partial charge in [0.25, 0.3) is 0 Å². The van der Waals surface area contributed by atoms with Crippen LogP contribution in [0.1, 0.15) is 0 Å². The van der Waals surface area contributed by atoms with Crippen LogP contribution < -0.4 is 0 Å². The van der Waals surface area contributed by atoms with E-state index in [9.17, 15) is 9.59 Å². The fraction of sp³-hybridized carbons (Fsp3) is 0.667. The van der Waals surface area contributed by atoms with Gasteiger partial charge in [0.15, 0.2) is 11.9 Å². The van der Waals surface area contributed by atoms with Crippen LogP contribution in [-0.2, 0) is 9.59 Å². The molecule has 7 nitrogen and oxygen atoms in total. The minimum absolute atomic E-state index is 1.11. The highest BCUT2D eigenvalue weighted by Crippen LogP contribution is 2.11. The highest BCUT2D eigenvalue weighted by Gasteiger charge is 2.46. The minimum Gasteiger partial charge on any atom is -0.479 e. The first-order valence-corrected chi connectivity index (χ1v) is 3.28. The van der Waals surface area contributed by atoms with E-state index in [1.807, 2.05) is 0 Å². The molecule has 2 atom stereocenters. The number of hydrogen-bond acceptors (Lipinski definition) is 6. The molecule has 0 amide bonds. The summed E-state index contributed by atoms with van der Waals surface area (Å²) in [6.07, 6.45) is -2.35. The number of aliphatic carboxylic acids is 1. The first kappa shape index (κ1) is 12.0. The van der Waals surface area contributed by atoms with E-state index >= 15 is 0 Å². The van der Waals surface area contributed by atoms with E-state index in [1.165, 1.54) is 0 Å². The summed E-state index contributed by atoms with van der Waals surface area (Å²) in [5.74, 6) is -3.22. The smallest absolute Gasteiger partial charge is 0.341 e. The molecule has 7 heteroatoms. The summed E-state index contributed by atoms with van der Waals surface area (Å²) < 4.78 is 0. The van der Waals surface area contributed by atoms with Gasteiger partial charge < -0.3 is 25.5 Å². The summed E-state index contributed by atoms with van der Waals surface area (Å²) in [5.41, 5.74) is -2.96. The Morgan fingerprint density at radius 3 is 2.00 bits per heavy atom. The van der Waals surface area contributed by atoms with Crippen molar-refractivity contribution in [3.8, 4) is 0 Å². The molecule has 0 aliphatic carbocycles. The molecule has 0 radical (unpaired) electrons. The Morgan fingerprint density at radius 1 is 1.31 bits per heavy atom. The quantitative estimate of drug-likeness (QED) is 0.309. The van der Waals surface area contributed by atoms with Crippen LogP contribution in [0.5, 0.6) is 0 Å². The summed E-state index contributed by atoms with van der Waals surface area (Å²) in [5, 5.41) is 43.0. The lowest BCUT2D eigenvalue weighted by molar-refractivity contribution is -0.182. The maximum Gasteiger partial charge on any atom is 0.341 e. The van der Waals surface area contributed by atoms with Gasteiger partial charge in [0.2, 0.25) is 5.60 Å². The van der Waals surface area contributed by atoms with E-state index in [1.54, 1.807) is 0 Å². The van der Waals surface area contributed by atoms with Crippen LogP contribution in [0.15, 0.2) is 0 Å². The van der Waals surface area contributed by atoms with E-state index < -0.39 is 36.7 Å². The lowest BCUT2D eigenvalue weighted by atomic mass is 9.95. The number of aliphatic hydroxyl groups is 4. The number of carboxylic acids is 1. The molecule has 0 aliphatic rings. The van der Waals surface area contributed by atoms with Crippen LogP contribution in [0.3, 0.4) is 0 Å². The van der Waals surface area contributed by atoms with Gasteiger partial charge in [0, 0.05) is 0 Å². The standard InChI is InChI=1S/C6H10O7/c7-1-3(9)4(10)6(13,2-8)5(11)12/h4,7-8,10,13H,1-2H2,(H,11,12). The zero-order chi connectivity index (χ0) is 10.6. The predicted molar refractivity (Wildman–Crippen MR) is 37.8 cm³/mol. The molecule has 0 rings (SSSR count). The Balaban J connectivity index is 4.76. The van der Waals surface area contributed by atoms with Crippen LogP contribution in [0.2, 0.25) is 0 Å². The van der Waals surface area contributed by atoms with E-state index in [0.717, 1.165) is 0 Å². The molecule has 13 heavy (non-hydrogen) atoms. The van der Waals surface area contributed by atoms with Crippen molar-refractivity contribution in [2.24, 2.45) is 0 Å². The Hall–Kier alpha value is -1.02. The predicted octanol–water partition coefficient (Wildman–Crippen LogP) is -3.28. The van der Waals surface area contributed by atoms with Gasteiger partial charge in [0.05, 0.1) is 6.61 Å². The second kappa shape index (κ2) is 4.28. The van der Waals surface area contributed by atoms with E-state index in [0.29, 0.717) is 0 Å². The Labute approximate surface area is 72.9 Å². The average Bonchev–Trinajstić information content (AvgIpc) is 2.13. The molecule has 76 valence electrons. The van der Waals surface area contributed by atoms with Gasteiger partial charge in [-0.3, -0.25) is 4.79 Å². The van der Waals surface area contributed by atoms with Gasteiger partial charge in [-0.25, -0.2) is 4.79 Å². The van der Waals surface area contributed by atoms with Crippen LogP contribution in [0.4, 0.5) is 0 Å². The Bertz CT molecular complexity index is 213. The first-order chi connectivity index (χ1) is 5.90. The van der Waals surface area contributed by atoms with Crippen LogP contribution >= 0.6 is 0 Å². The summed E-state index contributed by atoms with van der Waals surface area (Å²) in [6, 6.07) is 0. The van der Waals surface area contributed by atoms with E-state index in [-0.39, 0.29) is 0 Å². The number of carbonyl (C=O) groups excluding carboxylic acids is 1. The third-order valence-corrected chi connectivity index (χ3v) is 1.52. The van der Waals surface area contributed by atoms with Crippen molar-refractivity contribution >= 4 is 11.8 Å². The normalized spacial score (nSPS) is 17.5. The van der Waals surface area contributed by atoms with Crippen molar-refractivity contribution in [2.75, 3.05) is 13.2 Å². The number of rotatable bonds is 5. The van der Waals surface area contributed by atoms with Crippen molar-refractivity contribution in [3.63, 3.8) is 0 Å². The largest absolute Gasteiger partial charge is 0.479 e. The van der Waals surface area contributed by atoms with Crippen molar-refractivity contribution in [1.29, 1.82) is 0 Å². The molecule has 0 aliphatic heterocycles. The molecule has 5 N–H and O–H groups in total. The third kappa shape index (κ3) is 2.22. The molecule has 0 fully saturated rings. The number of carbonyl (C=O) groups is 2. The van der Waals surface area contributed by atoms with Crippen LogP contribution in [0, 0.1) is 0 Å². The van der Waals surface area contributed by atoms with Crippen LogP contribution in [-0.4, -0.2) is 62.2 Å². The Kier molecular flexibility index (Phi) is 3.95. The number of ketones is 1. The van der Waals surface area contributed by atoms with Crippen molar-refractivity contribution in [2.45, 2.75) is 11.7 Å². The minimum atomic E-state index is -2.96. The zero-order valence-electron chi connectivity index (χ0n) is 6.54. The molecule has 0 saturated heterocycles. The SMILES string of the molecule is O=C(CO)C(O)C(O)(CO)C(=O)O. The fourth-order valence-corrected chi connectivity index (χ4v) is 0.624. The third-order valence-electron chi connectivity index (χ3n) is 1.52. The average molecular weight is 194 g/mol. The summed E-state index contributed by atoms with van der Waals surface area (Å²) >= 11 is 0. The summed E-state index contributed by atoms with van der Waals surface area (Å²) in [6.45, 7) is -2.44. The number of Topliss-reactive ketones (excluding diaryl/α,β-unsaturated/α-hetero) is 1. The van der Waals surface area contributed by atoms with Crippen molar-refractivity contribution in [1.82, 2.24) is 0 Å². The lowest BCUT2D eigenvalue weighted by Gasteiger charge is -2.24. The lowest BCUT2D eigenvalue weighted by Crippen LogP contribution is -2.56. The van der Waals surface area contributed by atoms with Crippen molar-refractivity contribution in [3.05, 3.63) is 0 Å². The number of aliphatic hydroxyl groups excluding tert-OH is 3. The van der Waals surface area contributed by atoms with Gasteiger partial charge in [0.1, 0.15) is 6.61 Å². The van der Waals surface area contributed by atoms with Gasteiger partial charge in [-0.15, -0.1) is 0 Å². The second-order valence-electron chi connectivity index (χ2n) is 2.41. The highest BCUT2D eigenvalue weighted by atomic mass is 16.4. The molecule has 0 aromatic carbocycles. The molecule has 2 unspecified atom stereocenters. The van der Waals surface area contributed by atoms with E-state index in [2.05, 4.69) is 0 Å². The molecule has 0 heterocycles. The Morgan fingerprint density at radius 2 is 1.77 bits per heavy atom. The fourth-order valence-electron chi connectivity index (χ4n) is 0.624. The monoisotopic (exact) mass is 194 g/mol. The van der Waals surface area contributed by atoms with Gasteiger partial charge in [-0.1, -0.05) is 0 Å². The second-order valence-corrected chi connectivity index (χ2v) is 2.41. The van der Waals surface area contributed by atoms with Gasteiger partial charge in [-0.2, -0.15) is 0 Å². The first-order valence-electron chi connectivity index (χ1n) is 3.28. The maximum absolute atomic E-state index is 10.6. The molecule has 0 spiro atoms. The zero-order valence-corrected chi connectivity index (χ0v) is 6.54. The topological polar surface area (TPSA) is 135 Å². The van der Waals surface area contributed by atoms with Gasteiger partial charge >= 0.3 is 5.97 Å². The number of carboxylic acid groups (broad SMARTS) is 1. The summed E-state index contributed by atoms with van der Waals surface area (Å²) in [4.78, 5) is 20.9. The van der Waals surface area contributed by atoms with E-state index in [4.69, 9.17) is 25.5 Å². The molecule has 0 aromatic rings.